The molecular weight excluding hydrogens is 274 g/mol. The lowest BCUT2D eigenvalue weighted by Gasteiger charge is -2.22. The summed E-state index contributed by atoms with van der Waals surface area (Å²) >= 11 is 1.53. The molecule has 1 fully saturated rings. The Kier molecular flexibility index (Phi) is 5.94. The molecule has 0 radical (unpaired) electrons. The second-order valence-corrected chi connectivity index (χ2v) is 5.91. The zero-order valence-corrected chi connectivity index (χ0v) is 13.0. The molecule has 5 nitrogen and oxygen atoms in total. The van der Waals surface area contributed by atoms with E-state index in [9.17, 15) is 4.79 Å². The molecule has 0 saturated carbocycles. The van der Waals surface area contributed by atoms with E-state index in [1.54, 1.807) is 11.8 Å². The summed E-state index contributed by atoms with van der Waals surface area (Å²) in [6.45, 7) is 7.76. The van der Waals surface area contributed by atoms with Crippen molar-refractivity contribution in [2.45, 2.75) is 33.2 Å². The molecule has 0 spiro atoms. The minimum Gasteiger partial charge on any atom is -0.381 e. The third-order valence-corrected chi connectivity index (χ3v) is 4.46. The Morgan fingerprint density at radius 3 is 2.95 bits per heavy atom. The van der Waals surface area contributed by atoms with Gasteiger partial charge < -0.3 is 10.1 Å². The molecule has 0 aliphatic carbocycles. The van der Waals surface area contributed by atoms with Gasteiger partial charge in [-0.3, -0.25) is 9.69 Å². The largest absolute Gasteiger partial charge is 0.381 e. The van der Waals surface area contributed by atoms with Crippen LogP contribution in [0.1, 0.15) is 32.4 Å². The second kappa shape index (κ2) is 7.71. The fourth-order valence-electron chi connectivity index (χ4n) is 2.35. The van der Waals surface area contributed by atoms with Crippen LogP contribution in [0.15, 0.2) is 5.38 Å². The summed E-state index contributed by atoms with van der Waals surface area (Å²) in [5, 5.41) is 6.28. The van der Waals surface area contributed by atoms with E-state index in [0.717, 1.165) is 50.0 Å². The van der Waals surface area contributed by atoms with Crippen LogP contribution in [0.4, 0.5) is 5.13 Å². The standard InChI is InChI=1S/C14H23N3O2S/c1-3-17(11(2)18)14-16-13(10-20-14)9-15-8-12-4-6-19-7-5-12/h10,12,15H,3-9H2,1-2H3. The molecule has 1 aliphatic rings. The van der Waals surface area contributed by atoms with Crippen LogP contribution in [-0.2, 0) is 16.1 Å². The molecule has 112 valence electrons. The minimum atomic E-state index is 0.0450. The molecule has 0 atom stereocenters. The van der Waals surface area contributed by atoms with Crippen molar-refractivity contribution in [1.82, 2.24) is 10.3 Å². The zero-order chi connectivity index (χ0) is 14.4. The summed E-state index contributed by atoms with van der Waals surface area (Å²) in [7, 11) is 0. The summed E-state index contributed by atoms with van der Waals surface area (Å²) in [4.78, 5) is 17.7. The SMILES string of the molecule is CCN(C(C)=O)c1nc(CNCC2CCOCC2)cs1. The monoisotopic (exact) mass is 297 g/mol. The maximum atomic E-state index is 11.5. The highest BCUT2D eigenvalue weighted by atomic mass is 32.1. The van der Waals surface area contributed by atoms with Gasteiger partial charge in [-0.2, -0.15) is 0 Å². The number of nitrogens with one attached hydrogen (secondary N) is 1. The highest BCUT2D eigenvalue weighted by Crippen LogP contribution is 2.20. The second-order valence-electron chi connectivity index (χ2n) is 5.07. The maximum absolute atomic E-state index is 11.5. The molecule has 0 bridgehead atoms. The van der Waals surface area contributed by atoms with E-state index in [2.05, 4.69) is 10.3 Å². The van der Waals surface area contributed by atoms with Gasteiger partial charge in [-0.1, -0.05) is 0 Å². The maximum Gasteiger partial charge on any atom is 0.225 e. The van der Waals surface area contributed by atoms with Crippen molar-refractivity contribution in [3.05, 3.63) is 11.1 Å². The third kappa shape index (κ3) is 4.26. The Morgan fingerprint density at radius 1 is 1.55 bits per heavy atom. The van der Waals surface area contributed by atoms with Crippen molar-refractivity contribution in [3.63, 3.8) is 0 Å². The molecule has 1 amide bonds. The smallest absolute Gasteiger partial charge is 0.225 e. The predicted molar refractivity (Wildman–Crippen MR) is 81.1 cm³/mol. The van der Waals surface area contributed by atoms with Crippen molar-refractivity contribution in [2.75, 3.05) is 31.2 Å². The Labute approximate surface area is 124 Å². The van der Waals surface area contributed by atoms with Gasteiger partial charge in [-0.05, 0) is 32.2 Å². The normalized spacial score (nSPS) is 16.3. The molecule has 1 aromatic heterocycles. The van der Waals surface area contributed by atoms with Crippen molar-refractivity contribution < 1.29 is 9.53 Å². The average molecular weight is 297 g/mol. The first-order valence-corrected chi connectivity index (χ1v) is 8.09. The lowest BCUT2D eigenvalue weighted by atomic mass is 10.0. The number of anilines is 1. The molecular formula is C14H23N3O2S. The van der Waals surface area contributed by atoms with E-state index in [-0.39, 0.29) is 5.91 Å². The number of aromatic nitrogens is 1. The Hall–Kier alpha value is -0.980. The third-order valence-electron chi connectivity index (χ3n) is 3.55. The predicted octanol–water partition coefficient (Wildman–Crippen LogP) is 2.03. The molecule has 20 heavy (non-hydrogen) atoms. The van der Waals surface area contributed by atoms with Crippen molar-refractivity contribution in [2.24, 2.45) is 5.92 Å². The van der Waals surface area contributed by atoms with E-state index < -0.39 is 0 Å². The quantitative estimate of drug-likeness (QED) is 0.873. The van der Waals surface area contributed by atoms with Crippen LogP contribution in [0.2, 0.25) is 0 Å². The van der Waals surface area contributed by atoms with Crippen LogP contribution in [0.3, 0.4) is 0 Å². The summed E-state index contributed by atoms with van der Waals surface area (Å²) in [5.74, 6) is 0.759. The van der Waals surface area contributed by atoms with Gasteiger partial charge >= 0.3 is 0 Å². The molecule has 1 N–H and O–H groups in total. The molecule has 6 heteroatoms. The van der Waals surface area contributed by atoms with Gasteiger partial charge in [0.05, 0.1) is 5.69 Å². The number of carbonyl (C=O) groups is 1. The van der Waals surface area contributed by atoms with Gasteiger partial charge in [0.25, 0.3) is 0 Å². The number of nitrogens with zero attached hydrogens (tertiary/aromatic N) is 2. The van der Waals surface area contributed by atoms with Gasteiger partial charge in [-0.15, -0.1) is 11.3 Å². The van der Waals surface area contributed by atoms with Crippen LogP contribution >= 0.6 is 11.3 Å². The Bertz CT molecular complexity index is 430. The molecule has 0 unspecified atom stereocenters. The van der Waals surface area contributed by atoms with Gasteiger partial charge in [0, 0.05) is 38.6 Å². The Morgan fingerprint density at radius 2 is 2.30 bits per heavy atom. The number of hydrogen-bond donors (Lipinski definition) is 1. The van der Waals surface area contributed by atoms with Crippen LogP contribution in [0, 0.1) is 5.92 Å². The molecule has 1 saturated heterocycles. The number of carbonyl (C=O) groups excluding carboxylic acids is 1. The number of thiazole rings is 1. The van der Waals surface area contributed by atoms with Crippen LogP contribution in [0.5, 0.6) is 0 Å². The molecule has 2 heterocycles. The van der Waals surface area contributed by atoms with Crippen molar-refractivity contribution in [3.8, 4) is 0 Å². The van der Waals surface area contributed by atoms with E-state index in [1.165, 1.54) is 11.3 Å². The summed E-state index contributed by atoms with van der Waals surface area (Å²) in [5.41, 5.74) is 1.01. The van der Waals surface area contributed by atoms with E-state index in [1.807, 2.05) is 12.3 Å². The first-order valence-electron chi connectivity index (χ1n) is 7.21. The Balaban J connectivity index is 1.78. The minimum absolute atomic E-state index is 0.0450. The van der Waals surface area contributed by atoms with E-state index in [4.69, 9.17) is 4.74 Å². The number of amides is 1. The van der Waals surface area contributed by atoms with Gasteiger partial charge in [-0.25, -0.2) is 4.98 Å². The summed E-state index contributed by atoms with van der Waals surface area (Å²) in [6, 6.07) is 0. The van der Waals surface area contributed by atoms with Crippen LogP contribution in [0.25, 0.3) is 0 Å². The average Bonchev–Trinajstić information content (AvgIpc) is 2.89. The van der Waals surface area contributed by atoms with Gasteiger partial charge in [0.15, 0.2) is 5.13 Å². The van der Waals surface area contributed by atoms with Crippen molar-refractivity contribution >= 4 is 22.4 Å². The van der Waals surface area contributed by atoms with Crippen LogP contribution in [-0.4, -0.2) is 37.2 Å². The highest BCUT2D eigenvalue weighted by molar-refractivity contribution is 7.14. The first kappa shape index (κ1) is 15.4. The molecule has 1 aliphatic heterocycles. The number of rotatable bonds is 6. The topological polar surface area (TPSA) is 54.5 Å². The summed E-state index contributed by atoms with van der Waals surface area (Å²) in [6.07, 6.45) is 2.28. The van der Waals surface area contributed by atoms with Crippen molar-refractivity contribution in [1.29, 1.82) is 0 Å². The fourth-order valence-corrected chi connectivity index (χ4v) is 3.28. The fraction of sp³-hybridized carbons (Fsp3) is 0.714. The van der Waals surface area contributed by atoms with E-state index >= 15 is 0 Å². The number of ether oxygens (including phenoxy) is 1. The van der Waals surface area contributed by atoms with Crippen LogP contribution < -0.4 is 10.2 Å². The summed E-state index contributed by atoms with van der Waals surface area (Å²) < 4.78 is 5.35. The lowest BCUT2D eigenvalue weighted by Crippen LogP contribution is -2.28. The molecule has 1 aromatic rings. The molecule has 2 rings (SSSR count). The number of hydrogen-bond acceptors (Lipinski definition) is 5. The molecule has 0 aromatic carbocycles. The lowest BCUT2D eigenvalue weighted by molar-refractivity contribution is -0.116. The van der Waals surface area contributed by atoms with E-state index in [0.29, 0.717) is 12.5 Å². The first-order chi connectivity index (χ1) is 9.70. The zero-order valence-electron chi connectivity index (χ0n) is 12.2. The van der Waals surface area contributed by atoms with Gasteiger partial charge in [0.1, 0.15) is 0 Å². The highest BCUT2D eigenvalue weighted by Gasteiger charge is 2.15. The van der Waals surface area contributed by atoms with Gasteiger partial charge in [0.2, 0.25) is 5.91 Å².